The third-order valence-electron chi connectivity index (χ3n) is 5.45. The van der Waals surface area contributed by atoms with Crippen LogP contribution in [0.3, 0.4) is 0 Å². The van der Waals surface area contributed by atoms with E-state index >= 15 is 0 Å². The van der Waals surface area contributed by atoms with Gasteiger partial charge in [0.25, 0.3) is 10.0 Å². The van der Waals surface area contributed by atoms with Crippen molar-refractivity contribution in [2.45, 2.75) is 18.4 Å². The van der Waals surface area contributed by atoms with Crippen molar-refractivity contribution in [3.63, 3.8) is 0 Å². The molecule has 0 spiro atoms. The summed E-state index contributed by atoms with van der Waals surface area (Å²) >= 11 is 0. The highest BCUT2D eigenvalue weighted by molar-refractivity contribution is 7.92. The number of sulfonamides is 1. The topological polar surface area (TPSA) is 94.1 Å². The van der Waals surface area contributed by atoms with Gasteiger partial charge in [-0.05, 0) is 60.5 Å². The molecule has 0 fully saturated rings. The first-order chi connectivity index (χ1) is 17.0. The second-order valence-corrected chi connectivity index (χ2v) is 9.63. The zero-order chi connectivity index (χ0) is 24.3. The molecule has 174 valence electrons. The number of ether oxygens (including phenoxy) is 1. The Labute approximate surface area is 203 Å². The smallest absolute Gasteiger partial charge is 0.263 e. The van der Waals surface area contributed by atoms with Crippen molar-refractivity contribution in [2.75, 3.05) is 4.72 Å². The number of benzene rings is 2. The zero-order valence-corrected chi connectivity index (χ0v) is 19.7. The van der Waals surface area contributed by atoms with Gasteiger partial charge in [0.1, 0.15) is 17.9 Å². The van der Waals surface area contributed by atoms with Gasteiger partial charge in [0.05, 0.1) is 16.3 Å². The quantitative estimate of drug-likeness (QED) is 0.335. The minimum Gasteiger partial charge on any atom is -0.489 e. The minimum absolute atomic E-state index is 0.0925. The molecule has 8 heteroatoms. The molecule has 0 aliphatic carbocycles. The van der Waals surface area contributed by atoms with Crippen LogP contribution in [0.25, 0.3) is 22.3 Å². The maximum atomic E-state index is 13.2. The maximum absolute atomic E-state index is 13.2. The number of nitrogens with zero attached hydrogens (tertiary/aromatic N) is 3. The number of pyridine rings is 3. The Morgan fingerprint density at radius 2 is 1.60 bits per heavy atom. The molecule has 0 bridgehead atoms. The highest BCUT2D eigenvalue weighted by Gasteiger charge is 2.19. The number of hydrogen-bond donors (Lipinski definition) is 1. The molecule has 3 heterocycles. The summed E-state index contributed by atoms with van der Waals surface area (Å²) < 4.78 is 34.8. The summed E-state index contributed by atoms with van der Waals surface area (Å²) in [5, 5.41) is 0.755. The van der Waals surface area contributed by atoms with Crippen LogP contribution in [0.5, 0.6) is 5.75 Å². The van der Waals surface area contributed by atoms with Gasteiger partial charge in [-0.15, -0.1) is 0 Å². The molecule has 0 aliphatic rings. The second kappa shape index (κ2) is 9.52. The van der Waals surface area contributed by atoms with E-state index < -0.39 is 10.0 Å². The van der Waals surface area contributed by atoms with Crippen LogP contribution in [0.1, 0.15) is 11.1 Å². The maximum Gasteiger partial charge on any atom is 0.263 e. The highest BCUT2D eigenvalue weighted by atomic mass is 32.2. The Balaban J connectivity index is 1.43. The summed E-state index contributed by atoms with van der Waals surface area (Å²) in [6.07, 6.45) is 3.29. The highest BCUT2D eigenvalue weighted by Crippen LogP contribution is 2.29. The predicted molar refractivity (Wildman–Crippen MR) is 136 cm³/mol. The predicted octanol–water partition coefficient (Wildman–Crippen LogP) is 5.38. The fourth-order valence-electron chi connectivity index (χ4n) is 3.67. The van der Waals surface area contributed by atoms with Crippen LogP contribution in [0.15, 0.2) is 102 Å². The van der Waals surface area contributed by atoms with E-state index in [-0.39, 0.29) is 10.7 Å². The monoisotopic (exact) mass is 482 g/mol. The van der Waals surface area contributed by atoms with Crippen LogP contribution in [0.4, 0.5) is 5.82 Å². The van der Waals surface area contributed by atoms with Crippen molar-refractivity contribution in [1.29, 1.82) is 0 Å². The Morgan fingerprint density at radius 1 is 0.857 bits per heavy atom. The Kier molecular flexibility index (Phi) is 6.12. The van der Waals surface area contributed by atoms with Gasteiger partial charge in [-0.3, -0.25) is 14.7 Å². The summed E-state index contributed by atoms with van der Waals surface area (Å²) in [4.78, 5) is 13.5. The van der Waals surface area contributed by atoms with Crippen molar-refractivity contribution >= 4 is 26.7 Å². The molecule has 0 unspecified atom stereocenters. The lowest BCUT2D eigenvalue weighted by Gasteiger charge is -2.13. The molecule has 0 radical (unpaired) electrons. The van der Waals surface area contributed by atoms with Crippen molar-refractivity contribution in [3.05, 3.63) is 108 Å². The molecule has 35 heavy (non-hydrogen) atoms. The molecule has 5 rings (SSSR count). The van der Waals surface area contributed by atoms with E-state index in [1.54, 1.807) is 30.6 Å². The molecule has 5 aromatic rings. The van der Waals surface area contributed by atoms with Crippen LogP contribution in [0, 0.1) is 6.92 Å². The van der Waals surface area contributed by atoms with Gasteiger partial charge in [-0.1, -0.05) is 42.5 Å². The number of anilines is 1. The molecule has 0 saturated carbocycles. The van der Waals surface area contributed by atoms with Gasteiger partial charge >= 0.3 is 0 Å². The molecular formula is C27H22N4O3S. The van der Waals surface area contributed by atoms with Gasteiger partial charge in [0.15, 0.2) is 5.82 Å². The standard InChI is InChI=1S/C27H22N4O3S/c1-19-7-5-15-28-25(19)24-17-21-10-6-16-29-26(21)27(30-24)31-35(32,33)23-13-11-22(12-14-23)34-18-20-8-3-2-4-9-20/h2-17H,18H2,1H3,(H,30,31). The van der Waals surface area contributed by atoms with Crippen molar-refractivity contribution in [1.82, 2.24) is 15.0 Å². The third kappa shape index (κ3) is 4.97. The van der Waals surface area contributed by atoms with Gasteiger partial charge in [-0.25, -0.2) is 13.4 Å². The van der Waals surface area contributed by atoms with Crippen LogP contribution in [-0.2, 0) is 16.6 Å². The fourth-order valence-corrected chi connectivity index (χ4v) is 4.68. The molecule has 0 amide bonds. The van der Waals surface area contributed by atoms with Crippen molar-refractivity contribution in [3.8, 4) is 17.1 Å². The van der Waals surface area contributed by atoms with E-state index in [1.165, 1.54) is 12.1 Å². The van der Waals surface area contributed by atoms with Crippen molar-refractivity contribution < 1.29 is 13.2 Å². The Bertz CT molecular complexity index is 1590. The number of fused-ring (bicyclic) bond motifs is 1. The normalized spacial score (nSPS) is 11.3. The van der Waals surface area contributed by atoms with E-state index in [9.17, 15) is 8.42 Å². The van der Waals surface area contributed by atoms with Crippen molar-refractivity contribution in [2.24, 2.45) is 0 Å². The summed E-state index contributed by atoms with van der Waals surface area (Å²) in [5.41, 5.74) is 3.66. The average Bonchev–Trinajstić information content (AvgIpc) is 2.88. The molecule has 0 aliphatic heterocycles. The number of rotatable bonds is 7. The largest absolute Gasteiger partial charge is 0.489 e. The van der Waals surface area contributed by atoms with Gasteiger partial charge in [0, 0.05) is 17.8 Å². The molecule has 7 nitrogen and oxygen atoms in total. The average molecular weight is 483 g/mol. The molecule has 3 aromatic heterocycles. The molecule has 2 aromatic carbocycles. The summed E-state index contributed by atoms with van der Waals surface area (Å²) in [7, 11) is -3.93. The first-order valence-corrected chi connectivity index (χ1v) is 12.5. The van der Waals surface area contributed by atoms with Gasteiger partial charge in [0.2, 0.25) is 0 Å². The number of aromatic nitrogens is 3. The summed E-state index contributed by atoms with van der Waals surface area (Å²) in [5.74, 6) is 0.721. The van der Waals surface area contributed by atoms with Crippen LogP contribution in [-0.4, -0.2) is 23.4 Å². The van der Waals surface area contributed by atoms with Crippen LogP contribution < -0.4 is 9.46 Å². The molecule has 0 atom stereocenters. The number of nitrogens with one attached hydrogen (secondary N) is 1. The first-order valence-electron chi connectivity index (χ1n) is 11.0. The summed E-state index contributed by atoms with van der Waals surface area (Å²) in [6.45, 7) is 2.33. The third-order valence-corrected chi connectivity index (χ3v) is 6.81. The lowest BCUT2D eigenvalue weighted by Crippen LogP contribution is -2.15. The number of aryl methyl sites for hydroxylation is 1. The van der Waals surface area contributed by atoms with E-state index in [1.807, 2.05) is 61.5 Å². The Hall–Kier alpha value is -4.30. The second-order valence-electron chi connectivity index (χ2n) is 7.95. The minimum atomic E-state index is -3.93. The van der Waals surface area contributed by atoms with Crippen LogP contribution >= 0.6 is 0 Å². The van der Waals surface area contributed by atoms with Gasteiger partial charge < -0.3 is 4.74 Å². The lowest BCUT2D eigenvalue weighted by atomic mass is 10.1. The van der Waals surface area contributed by atoms with Gasteiger partial charge in [-0.2, -0.15) is 0 Å². The fraction of sp³-hybridized carbons (Fsp3) is 0.0741. The lowest BCUT2D eigenvalue weighted by molar-refractivity contribution is 0.306. The zero-order valence-electron chi connectivity index (χ0n) is 18.9. The van der Waals surface area contributed by atoms with E-state index in [2.05, 4.69) is 19.7 Å². The Morgan fingerprint density at radius 3 is 2.37 bits per heavy atom. The van der Waals surface area contributed by atoms with E-state index in [4.69, 9.17) is 4.74 Å². The molecule has 0 saturated heterocycles. The van der Waals surface area contributed by atoms with Crippen LogP contribution in [0.2, 0.25) is 0 Å². The van der Waals surface area contributed by atoms with E-state index in [0.29, 0.717) is 29.3 Å². The molecule has 1 N–H and O–H groups in total. The number of hydrogen-bond acceptors (Lipinski definition) is 6. The summed E-state index contributed by atoms with van der Waals surface area (Å²) in [6, 6.07) is 25.3. The SMILES string of the molecule is Cc1cccnc1-c1cc2cccnc2c(NS(=O)(=O)c2ccc(OCc3ccccc3)cc2)n1. The molecular weight excluding hydrogens is 460 g/mol. The first kappa shape index (κ1) is 22.5. The van der Waals surface area contributed by atoms with E-state index in [0.717, 1.165) is 16.5 Å².